The van der Waals surface area contributed by atoms with Gasteiger partial charge in [0, 0.05) is 24.2 Å². The van der Waals surface area contributed by atoms with E-state index in [1.165, 1.54) is 43.3 Å². The van der Waals surface area contributed by atoms with Crippen molar-refractivity contribution in [3.8, 4) is 17.2 Å². The number of oxazole rings is 1. The van der Waals surface area contributed by atoms with Crippen molar-refractivity contribution in [3.63, 3.8) is 0 Å². The number of nitrogens with one attached hydrogen (secondary N) is 1. The van der Waals surface area contributed by atoms with E-state index in [9.17, 15) is 13.2 Å². The number of carbonyl (C=O) groups excluding carboxylic acids is 1. The van der Waals surface area contributed by atoms with Crippen LogP contribution in [-0.2, 0) is 14.9 Å². The van der Waals surface area contributed by atoms with Gasteiger partial charge in [-0.2, -0.15) is 8.42 Å². The molecule has 29 heavy (non-hydrogen) atoms. The van der Waals surface area contributed by atoms with Crippen LogP contribution in [0.3, 0.4) is 0 Å². The molecule has 8 heteroatoms. The molecule has 1 heterocycles. The van der Waals surface area contributed by atoms with Gasteiger partial charge in [-0.25, -0.2) is 4.98 Å². The van der Waals surface area contributed by atoms with E-state index in [2.05, 4.69) is 10.3 Å². The highest BCUT2D eigenvalue weighted by Gasteiger charge is 2.18. The molecule has 0 saturated carbocycles. The highest BCUT2D eigenvalue weighted by atomic mass is 32.2. The van der Waals surface area contributed by atoms with Crippen LogP contribution >= 0.6 is 0 Å². The lowest BCUT2D eigenvalue weighted by Gasteiger charge is -2.08. The number of fused-ring (bicyclic) bond motifs is 1. The Morgan fingerprint density at radius 1 is 1.00 bits per heavy atom. The number of hydrogen-bond acceptors (Lipinski definition) is 6. The van der Waals surface area contributed by atoms with Gasteiger partial charge in [-0.05, 0) is 48.5 Å². The zero-order valence-electron chi connectivity index (χ0n) is 15.3. The van der Waals surface area contributed by atoms with Crippen LogP contribution in [0.25, 0.3) is 22.6 Å². The molecule has 3 aromatic carbocycles. The van der Waals surface area contributed by atoms with Crippen molar-refractivity contribution in [2.75, 3.05) is 5.32 Å². The molecule has 1 N–H and O–H groups in total. The lowest BCUT2D eigenvalue weighted by atomic mass is 10.2. The summed E-state index contributed by atoms with van der Waals surface area (Å²) in [5.41, 5.74) is 2.32. The summed E-state index contributed by atoms with van der Waals surface area (Å²) in [5, 5.41) is 2.58. The van der Waals surface area contributed by atoms with Crippen molar-refractivity contribution >= 4 is 32.8 Å². The molecule has 0 aliphatic rings. The molecule has 7 nitrogen and oxygen atoms in total. The van der Waals surface area contributed by atoms with Gasteiger partial charge in [0.25, 0.3) is 0 Å². The van der Waals surface area contributed by atoms with Crippen molar-refractivity contribution < 1.29 is 21.8 Å². The maximum Gasteiger partial charge on any atom is 0.339 e. The summed E-state index contributed by atoms with van der Waals surface area (Å²) in [4.78, 5) is 15.4. The van der Waals surface area contributed by atoms with Crippen molar-refractivity contribution in [2.24, 2.45) is 0 Å². The first-order chi connectivity index (χ1) is 13.9. The fourth-order valence-electron chi connectivity index (χ4n) is 2.74. The van der Waals surface area contributed by atoms with Crippen LogP contribution in [0.2, 0.25) is 0 Å². The number of nitrogens with zero attached hydrogens (tertiary/aromatic N) is 1. The number of carbonyl (C=O) groups is 1. The van der Waals surface area contributed by atoms with Gasteiger partial charge in [-0.15, -0.1) is 0 Å². The van der Waals surface area contributed by atoms with E-state index in [0.29, 0.717) is 22.7 Å². The van der Waals surface area contributed by atoms with Crippen LogP contribution < -0.4 is 9.50 Å². The van der Waals surface area contributed by atoms with Gasteiger partial charge < -0.3 is 13.9 Å². The van der Waals surface area contributed by atoms with E-state index in [0.717, 1.165) is 5.56 Å². The topological polar surface area (TPSA) is 98.5 Å². The molecule has 0 aliphatic heterocycles. The van der Waals surface area contributed by atoms with Crippen LogP contribution in [0.5, 0.6) is 5.75 Å². The minimum absolute atomic E-state index is 0.0331. The van der Waals surface area contributed by atoms with E-state index in [1.54, 1.807) is 6.07 Å². The Balaban J connectivity index is 1.59. The molecule has 0 atom stereocenters. The molecule has 0 fully saturated rings. The third kappa shape index (κ3) is 4.12. The van der Waals surface area contributed by atoms with E-state index in [4.69, 9.17) is 8.60 Å². The Bertz CT molecular complexity index is 1280. The normalized spacial score (nSPS) is 11.3. The predicted molar refractivity (Wildman–Crippen MR) is 108 cm³/mol. The zero-order chi connectivity index (χ0) is 20.4. The SMILES string of the molecule is CC(=O)Nc1ccc(S(=O)(=O)Oc2ccc3nc(-c4ccccc4)oc3c2)cc1. The summed E-state index contributed by atoms with van der Waals surface area (Å²) < 4.78 is 36.1. The van der Waals surface area contributed by atoms with Gasteiger partial charge in [0.2, 0.25) is 11.8 Å². The number of anilines is 1. The first kappa shape index (κ1) is 18.7. The number of benzene rings is 3. The predicted octanol–water partition coefficient (Wildman–Crippen LogP) is 4.22. The number of amides is 1. The van der Waals surface area contributed by atoms with Gasteiger partial charge >= 0.3 is 10.1 Å². The zero-order valence-corrected chi connectivity index (χ0v) is 16.1. The summed E-state index contributed by atoms with van der Waals surface area (Å²) in [7, 11) is -4.05. The maximum atomic E-state index is 12.5. The number of hydrogen-bond donors (Lipinski definition) is 1. The van der Waals surface area contributed by atoms with Crippen molar-refractivity contribution in [2.45, 2.75) is 11.8 Å². The molecule has 0 aliphatic carbocycles. The molecule has 4 aromatic rings. The average molecular weight is 408 g/mol. The van der Waals surface area contributed by atoms with Gasteiger partial charge in [0.05, 0.1) is 0 Å². The van der Waals surface area contributed by atoms with Crippen molar-refractivity contribution in [1.29, 1.82) is 0 Å². The van der Waals surface area contributed by atoms with Gasteiger partial charge in [-0.1, -0.05) is 18.2 Å². The summed E-state index contributed by atoms with van der Waals surface area (Å²) >= 11 is 0. The van der Waals surface area contributed by atoms with Crippen LogP contribution in [-0.4, -0.2) is 19.3 Å². The fraction of sp³-hybridized carbons (Fsp3) is 0.0476. The van der Waals surface area contributed by atoms with E-state index in [1.807, 2.05) is 30.3 Å². The molecule has 1 amide bonds. The molecular weight excluding hydrogens is 392 g/mol. The Morgan fingerprint density at radius 2 is 1.72 bits per heavy atom. The van der Waals surface area contributed by atoms with E-state index in [-0.39, 0.29) is 16.6 Å². The Morgan fingerprint density at radius 3 is 2.41 bits per heavy atom. The second-order valence-electron chi connectivity index (χ2n) is 6.26. The highest BCUT2D eigenvalue weighted by Crippen LogP contribution is 2.28. The molecule has 0 radical (unpaired) electrons. The van der Waals surface area contributed by atoms with E-state index >= 15 is 0 Å². The van der Waals surface area contributed by atoms with Crippen molar-refractivity contribution in [1.82, 2.24) is 4.98 Å². The summed E-state index contributed by atoms with van der Waals surface area (Å²) in [6.07, 6.45) is 0. The molecule has 1 aromatic heterocycles. The first-order valence-corrected chi connectivity index (χ1v) is 10.1. The average Bonchev–Trinajstić information content (AvgIpc) is 3.12. The number of rotatable bonds is 5. The van der Waals surface area contributed by atoms with Crippen LogP contribution in [0.4, 0.5) is 5.69 Å². The van der Waals surface area contributed by atoms with Crippen LogP contribution in [0, 0.1) is 0 Å². The molecule has 0 unspecified atom stereocenters. The molecule has 0 saturated heterocycles. The van der Waals surface area contributed by atoms with Crippen LogP contribution in [0.15, 0.2) is 82.1 Å². The van der Waals surface area contributed by atoms with Gasteiger partial charge in [0.15, 0.2) is 5.58 Å². The summed E-state index contributed by atoms with van der Waals surface area (Å²) in [5.74, 6) is 0.306. The minimum atomic E-state index is -4.05. The molecule has 4 rings (SSSR count). The molecule has 0 bridgehead atoms. The number of aromatic nitrogens is 1. The third-order valence-electron chi connectivity index (χ3n) is 4.05. The highest BCUT2D eigenvalue weighted by molar-refractivity contribution is 7.87. The summed E-state index contributed by atoms with van der Waals surface area (Å²) in [6.45, 7) is 1.37. The maximum absolute atomic E-state index is 12.5. The lowest BCUT2D eigenvalue weighted by molar-refractivity contribution is -0.114. The van der Waals surface area contributed by atoms with E-state index < -0.39 is 10.1 Å². The lowest BCUT2D eigenvalue weighted by Crippen LogP contribution is -2.10. The molecule has 0 spiro atoms. The third-order valence-corrected chi connectivity index (χ3v) is 5.31. The first-order valence-electron chi connectivity index (χ1n) is 8.69. The minimum Gasteiger partial charge on any atom is -0.436 e. The second kappa shape index (κ2) is 7.40. The summed E-state index contributed by atoms with van der Waals surface area (Å²) in [6, 6.07) is 19.7. The Labute approximate surface area is 167 Å². The monoisotopic (exact) mass is 408 g/mol. The van der Waals surface area contributed by atoms with Crippen molar-refractivity contribution in [3.05, 3.63) is 72.8 Å². The largest absolute Gasteiger partial charge is 0.436 e. The van der Waals surface area contributed by atoms with Crippen LogP contribution in [0.1, 0.15) is 6.92 Å². The van der Waals surface area contributed by atoms with Gasteiger partial charge in [-0.3, -0.25) is 4.79 Å². The van der Waals surface area contributed by atoms with Gasteiger partial charge in [0.1, 0.15) is 16.2 Å². The smallest absolute Gasteiger partial charge is 0.339 e. The second-order valence-corrected chi connectivity index (χ2v) is 7.80. The Kier molecular flexibility index (Phi) is 4.77. The quantitative estimate of drug-likeness (QED) is 0.497. The Hall–Kier alpha value is -3.65. The molecular formula is C21H16N2O5S. The molecule has 146 valence electrons. The fourth-order valence-corrected chi connectivity index (χ4v) is 3.67. The standard InChI is InChI=1S/C21H16N2O5S/c1-14(24)22-16-7-10-18(11-8-16)29(25,26)28-17-9-12-19-20(13-17)27-21(23-19)15-5-3-2-4-6-15/h2-13H,1H3,(H,22,24).